The zero-order chi connectivity index (χ0) is 14.0. The van der Waals surface area contributed by atoms with E-state index < -0.39 is 5.41 Å². The number of hydrogen-bond donors (Lipinski definition) is 1. The Labute approximate surface area is 112 Å². The molecule has 1 fully saturated rings. The van der Waals surface area contributed by atoms with Gasteiger partial charge in [-0.2, -0.15) is 5.10 Å². The van der Waals surface area contributed by atoms with Crippen LogP contribution in [0.1, 0.15) is 33.1 Å². The fourth-order valence-electron chi connectivity index (χ4n) is 2.59. The number of nitrogens with zero attached hydrogens (tertiary/aromatic N) is 3. The van der Waals surface area contributed by atoms with Crippen LogP contribution in [0.25, 0.3) is 0 Å². The lowest BCUT2D eigenvalue weighted by atomic mass is 9.81. The molecule has 1 saturated heterocycles. The molecule has 0 radical (unpaired) electrons. The third-order valence-electron chi connectivity index (χ3n) is 4.05. The highest BCUT2D eigenvalue weighted by molar-refractivity contribution is 6.05. The van der Waals surface area contributed by atoms with Crippen LogP contribution in [0, 0.1) is 5.41 Å². The molecule has 2 amide bonds. The number of imide groups is 1. The summed E-state index contributed by atoms with van der Waals surface area (Å²) in [4.78, 5) is 25.7. The molecule has 0 aliphatic carbocycles. The van der Waals surface area contributed by atoms with Crippen molar-refractivity contribution in [3.63, 3.8) is 0 Å². The largest absolute Gasteiger partial charge is 0.396 e. The van der Waals surface area contributed by atoms with Crippen LogP contribution < -0.4 is 5.73 Å². The van der Waals surface area contributed by atoms with Crippen molar-refractivity contribution in [2.24, 2.45) is 5.41 Å². The summed E-state index contributed by atoms with van der Waals surface area (Å²) in [5.74, 6) is -0.114. The number of aromatic nitrogens is 2. The molecule has 1 aromatic rings. The highest BCUT2D eigenvalue weighted by Gasteiger charge is 2.48. The zero-order valence-electron chi connectivity index (χ0n) is 11.4. The molecule has 0 atom stereocenters. The number of hydrogen-bond acceptors (Lipinski definition) is 4. The summed E-state index contributed by atoms with van der Waals surface area (Å²) in [7, 11) is 0. The SMILES string of the molecule is CCC1(CC)CC(=O)N(CCn2cc(N)cn2)C1=O. The van der Waals surface area contributed by atoms with Crippen LogP contribution in [0.4, 0.5) is 5.69 Å². The summed E-state index contributed by atoms with van der Waals surface area (Å²) in [5, 5.41) is 4.05. The summed E-state index contributed by atoms with van der Waals surface area (Å²) in [5.41, 5.74) is 5.67. The smallest absolute Gasteiger partial charge is 0.235 e. The standard InChI is InChI=1S/C13H20N4O2/c1-3-13(4-2)7-11(18)17(12(13)19)6-5-16-9-10(14)8-15-16/h8-9H,3-7,14H2,1-2H3. The molecular formula is C13H20N4O2. The fourth-order valence-corrected chi connectivity index (χ4v) is 2.59. The zero-order valence-corrected chi connectivity index (χ0v) is 11.4. The first-order chi connectivity index (χ1) is 9.02. The minimum Gasteiger partial charge on any atom is -0.396 e. The molecule has 6 nitrogen and oxygen atoms in total. The molecule has 0 unspecified atom stereocenters. The second kappa shape index (κ2) is 5.03. The van der Waals surface area contributed by atoms with Crippen molar-refractivity contribution in [3.8, 4) is 0 Å². The summed E-state index contributed by atoms with van der Waals surface area (Å²) in [6, 6.07) is 0. The number of amides is 2. The van der Waals surface area contributed by atoms with E-state index >= 15 is 0 Å². The molecule has 2 rings (SSSR count). The topological polar surface area (TPSA) is 81.2 Å². The van der Waals surface area contributed by atoms with Crippen LogP contribution in [0.2, 0.25) is 0 Å². The molecule has 0 bridgehead atoms. The van der Waals surface area contributed by atoms with Gasteiger partial charge in [0.1, 0.15) is 0 Å². The molecular weight excluding hydrogens is 244 g/mol. The number of anilines is 1. The summed E-state index contributed by atoms with van der Waals surface area (Å²) in [6.45, 7) is 4.78. The summed E-state index contributed by atoms with van der Waals surface area (Å²) in [6.07, 6.45) is 4.99. The third-order valence-corrected chi connectivity index (χ3v) is 4.05. The molecule has 104 valence electrons. The Morgan fingerprint density at radius 2 is 2.00 bits per heavy atom. The molecule has 1 aliphatic rings. The van der Waals surface area contributed by atoms with Crippen molar-refractivity contribution in [1.82, 2.24) is 14.7 Å². The molecule has 0 saturated carbocycles. The highest BCUT2D eigenvalue weighted by atomic mass is 16.2. The molecule has 2 heterocycles. The number of nitrogens with two attached hydrogens (primary N) is 1. The van der Waals surface area contributed by atoms with Gasteiger partial charge in [0.15, 0.2) is 0 Å². The van der Waals surface area contributed by atoms with E-state index in [0.717, 1.165) is 0 Å². The number of carbonyl (C=O) groups is 2. The lowest BCUT2D eigenvalue weighted by Gasteiger charge is -2.23. The van der Waals surface area contributed by atoms with Crippen LogP contribution in [0.15, 0.2) is 12.4 Å². The van der Waals surface area contributed by atoms with Gasteiger partial charge in [-0.15, -0.1) is 0 Å². The van der Waals surface area contributed by atoms with Crippen LogP contribution in [-0.2, 0) is 16.1 Å². The molecule has 1 aliphatic heterocycles. The lowest BCUT2D eigenvalue weighted by molar-refractivity contribution is -0.141. The van der Waals surface area contributed by atoms with Crippen molar-refractivity contribution in [3.05, 3.63) is 12.4 Å². The second-order valence-corrected chi connectivity index (χ2v) is 5.05. The Morgan fingerprint density at radius 3 is 2.47 bits per heavy atom. The molecule has 0 spiro atoms. The average molecular weight is 264 g/mol. The molecule has 1 aromatic heterocycles. The van der Waals surface area contributed by atoms with Gasteiger partial charge in [-0.3, -0.25) is 19.2 Å². The van der Waals surface area contributed by atoms with Gasteiger partial charge in [0, 0.05) is 19.2 Å². The van der Waals surface area contributed by atoms with Gasteiger partial charge in [0.2, 0.25) is 11.8 Å². The van der Waals surface area contributed by atoms with Gasteiger partial charge in [-0.25, -0.2) is 0 Å². The van der Waals surface area contributed by atoms with Gasteiger partial charge in [0.05, 0.1) is 23.8 Å². The predicted molar refractivity (Wildman–Crippen MR) is 71.0 cm³/mol. The maximum absolute atomic E-state index is 12.4. The Bertz CT molecular complexity index is 491. The van der Waals surface area contributed by atoms with E-state index in [1.54, 1.807) is 17.1 Å². The Balaban J connectivity index is 2.05. The predicted octanol–water partition coefficient (Wildman–Crippen LogP) is 1.03. The lowest BCUT2D eigenvalue weighted by Crippen LogP contribution is -2.37. The van der Waals surface area contributed by atoms with Gasteiger partial charge >= 0.3 is 0 Å². The van der Waals surface area contributed by atoms with Crippen molar-refractivity contribution in [1.29, 1.82) is 0 Å². The highest BCUT2D eigenvalue weighted by Crippen LogP contribution is 2.38. The van der Waals surface area contributed by atoms with E-state index in [1.807, 2.05) is 13.8 Å². The van der Waals surface area contributed by atoms with E-state index in [9.17, 15) is 9.59 Å². The Kier molecular flexibility index (Phi) is 3.59. The first-order valence-electron chi connectivity index (χ1n) is 6.65. The van der Waals surface area contributed by atoms with Crippen LogP contribution >= 0.6 is 0 Å². The second-order valence-electron chi connectivity index (χ2n) is 5.05. The molecule has 6 heteroatoms. The van der Waals surface area contributed by atoms with Crippen molar-refractivity contribution < 1.29 is 9.59 Å². The Morgan fingerprint density at radius 1 is 1.32 bits per heavy atom. The van der Waals surface area contributed by atoms with Crippen molar-refractivity contribution in [2.75, 3.05) is 12.3 Å². The van der Waals surface area contributed by atoms with E-state index in [1.165, 1.54) is 4.90 Å². The molecule has 2 N–H and O–H groups in total. The summed E-state index contributed by atoms with van der Waals surface area (Å²) >= 11 is 0. The first kappa shape index (κ1) is 13.6. The summed E-state index contributed by atoms with van der Waals surface area (Å²) < 4.78 is 1.65. The minimum atomic E-state index is -0.486. The normalized spacial score (nSPS) is 18.3. The van der Waals surface area contributed by atoms with Gasteiger partial charge in [-0.05, 0) is 12.8 Å². The Hall–Kier alpha value is -1.85. The molecule has 19 heavy (non-hydrogen) atoms. The number of rotatable bonds is 5. The average Bonchev–Trinajstić information content (AvgIpc) is 2.91. The van der Waals surface area contributed by atoms with E-state index in [2.05, 4.69) is 5.10 Å². The van der Waals surface area contributed by atoms with Gasteiger partial charge in [0.25, 0.3) is 0 Å². The van der Waals surface area contributed by atoms with E-state index in [4.69, 9.17) is 5.73 Å². The van der Waals surface area contributed by atoms with E-state index in [-0.39, 0.29) is 11.8 Å². The monoisotopic (exact) mass is 264 g/mol. The maximum Gasteiger partial charge on any atom is 0.235 e. The first-order valence-corrected chi connectivity index (χ1v) is 6.65. The molecule has 0 aromatic carbocycles. The number of likely N-dealkylation sites (tertiary alicyclic amines) is 1. The van der Waals surface area contributed by atoms with E-state index in [0.29, 0.717) is 38.0 Å². The number of nitrogen functional groups attached to an aromatic ring is 1. The van der Waals surface area contributed by atoms with Gasteiger partial charge in [-0.1, -0.05) is 13.8 Å². The van der Waals surface area contributed by atoms with Crippen LogP contribution in [0.5, 0.6) is 0 Å². The van der Waals surface area contributed by atoms with Crippen molar-refractivity contribution in [2.45, 2.75) is 39.7 Å². The van der Waals surface area contributed by atoms with Gasteiger partial charge < -0.3 is 5.73 Å². The third kappa shape index (κ3) is 2.34. The van der Waals surface area contributed by atoms with Crippen LogP contribution in [-0.4, -0.2) is 33.0 Å². The van der Waals surface area contributed by atoms with Crippen LogP contribution in [0.3, 0.4) is 0 Å². The fraction of sp³-hybridized carbons (Fsp3) is 0.615. The van der Waals surface area contributed by atoms with Crippen molar-refractivity contribution >= 4 is 17.5 Å². The number of carbonyl (C=O) groups excluding carboxylic acids is 2. The maximum atomic E-state index is 12.4. The quantitative estimate of drug-likeness (QED) is 0.805. The minimum absolute atomic E-state index is 0.0392.